The van der Waals surface area contributed by atoms with Crippen molar-refractivity contribution in [3.63, 3.8) is 0 Å². The normalized spacial score (nSPS) is 20.7. The van der Waals surface area contributed by atoms with E-state index in [0.29, 0.717) is 24.3 Å². The van der Waals surface area contributed by atoms with Crippen LogP contribution in [-0.2, 0) is 11.3 Å². The molecule has 3 nitrogen and oxygen atoms in total. The number of aliphatic hydroxyl groups is 1. The standard InChI is InChI=1S/C17H17FO3/c1-20-10-11-3-2-4-12(7-11)16-9-15(19)14-6-5-13(18)8-17(14)21-16/h2-8,15-16,19H,9-10H2,1H3/t15-,16?/m1/s1. The molecule has 0 amide bonds. The predicted molar refractivity (Wildman–Crippen MR) is 76.5 cm³/mol. The van der Waals surface area contributed by atoms with E-state index in [9.17, 15) is 9.50 Å². The molecule has 0 spiro atoms. The van der Waals surface area contributed by atoms with Crippen molar-refractivity contribution in [1.29, 1.82) is 0 Å². The lowest BCUT2D eigenvalue weighted by atomic mass is 9.94. The van der Waals surface area contributed by atoms with E-state index in [-0.39, 0.29) is 11.9 Å². The molecule has 0 aliphatic carbocycles. The van der Waals surface area contributed by atoms with Gasteiger partial charge in [-0.05, 0) is 29.3 Å². The molecule has 1 aliphatic rings. The van der Waals surface area contributed by atoms with Gasteiger partial charge in [-0.25, -0.2) is 4.39 Å². The van der Waals surface area contributed by atoms with E-state index in [1.165, 1.54) is 12.1 Å². The monoisotopic (exact) mass is 288 g/mol. The van der Waals surface area contributed by atoms with Gasteiger partial charge in [-0.1, -0.05) is 18.2 Å². The summed E-state index contributed by atoms with van der Waals surface area (Å²) in [5.74, 6) is 0.0469. The molecule has 2 aromatic carbocycles. The second-order valence-electron chi connectivity index (χ2n) is 5.22. The minimum Gasteiger partial charge on any atom is -0.485 e. The largest absolute Gasteiger partial charge is 0.485 e. The van der Waals surface area contributed by atoms with Crippen molar-refractivity contribution in [2.75, 3.05) is 7.11 Å². The summed E-state index contributed by atoms with van der Waals surface area (Å²) >= 11 is 0. The van der Waals surface area contributed by atoms with Crippen LogP contribution < -0.4 is 4.74 Å². The zero-order chi connectivity index (χ0) is 14.8. The van der Waals surface area contributed by atoms with Gasteiger partial charge in [0.15, 0.2) is 0 Å². The van der Waals surface area contributed by atoms with Crippen LogP contribution in [0.3, 0.4) is 0 Å². The average molecular weight is 288 g/mol. The van der Waals surface area contributed by atoms with E-state index in [4.69, 9.17) is 9.47 Å². The van der Waals surface area contributed by atoms with E-state index in [2.05, 4.69) is 0 Å². The van der Waals surface area contributed by atoms with E-state index in [0.717, 1.165) is 11.1 Å². The molecule has 0 fully saturated rings. The van der Waals surface area contributed by atoms with Crippen LogP contribution in [0, 0.1) is 5.82 Å². The Bertz CT molecular complexity index is 642. The number of ether oxygens (including phenoxy) is 2. The van der Waals surface area contributed by atoms with Gasteiger partial charge >= 0.3 is 0 Å². The zero-order valence-corrected chi connectivity index (χ0v) is 11.8. The summed E-state index contributed by atoms with van der Waals surface area (Å²) in [6.07, 6.45) is -0.480. The van der Waals surface area contributed by atoms with Crippen molar-refractivity contribution in [3.8, 4) is 5.75 Å². The highest BCUT2D eigenvalue weighted by atomic mass is 19.1. The smallest absolute Gasteiger partial charge is 0.128 e. The lowest BCUT2D eigenvalue weighted by Gasteiger charge is -2.30. The van der Waals surface area contributed by atoms with Crippen molar-refractivity contribution in [2.24, 2.45) is 0 Å². The van der Waals surface area contributed by atoms with Crippen molar-refractivity contribution in [1.82, 2.24) is 0 Å². The van der Waals surface area contributed by atoms with E-state index < -0.39 is 6.10 Å². The van der Waals surface area contributed by atoms with Crippen LogP contribution in [0.1, 0.15) is 35.3 Å². The molecule has 0 aromatic heterocycles. The summed E-state index contributed by atoms with van der Waals surface area (Å²) in [5.41, 5.74) is 2.64. The lowest BCUT2D eigenvalue weighted by Crippen LogP contribution is -2.19. The minimum atomic E-state index is -0.648. The van der Waals surface area contributed by atoms with E-state index in [1.807, 2.05) is 24.3 Å². The third-order valence-corrected chi connectivity index (χ3v) is 3.67. The summed E-state index contributed by atoms with van der Waals surface area (Å²) in [6, 6.07) is 12.1. The van der Waals surface area contributed by atoms with Gasteiger partial charge in [-0.3, -0.25) is 0 Å². The average Bonchev–Trinajstić information content (AvgIpc) is 2.47. The highest BCUT2D eigenvalue weighted by Crippen LogP contribution is 2.41. The maximum Gasteiger partial charge on any atom is 0.128 e. The van der Waals surface area contributed by atoms with Gasteiger partial charge in [0.25, 0.3) is 0 Å². The third-order valence-electron chi connectivity index (χ3n) is 3.67. The molecular formula is C17H17FO3. The second kappa shape index (κ2) is 5.84. The van der Waals surface area contributed by atoms with Crippen molar-refractivity contribution in [2.45, 2.75) is 25.2 Å². The van der Waals surface area contributed by atoms with Gasteiger partial charge in [0.05, 0.1) is 12.7 Å². The number of methoxy groups -OCH3 is 1. The zero-order valence-electron chi connectivity index (χ0n) is 11.8. The number of benzene rings is 2. The van der Waals surface area contributed by atoms with Crippen molar-refractivity contribution >= 4 is 0 Å². The van der Waals surface area contributed by atoms with E-state index in [1.54, 1.807) is 13.2 Å². The first-order chi connectivity index (χ1) is 10.2. The van der Waals surface area contributed by atoms with Crippen LogP contribution >= 0.6 is 0 Å². The first-order valence-electron chi connectivity index (χ1n) is 6.89. The Morgan fingerprint density at radius 1 is 1.29 bits per heavy atom. The molecule has 1 heterocycles. The number of fused-ring (bicyclic) bond motifs is 1. The van der Waals surface area contributed by atoms with Gasteiger partial charge < -0.3 is 14.6 Å². The molecular weight excluding hydrogens is 271 g/mol. The van der Waals surface area contributed by atoms with Gasteiger partial charge in [-0.15, -0.1) is 0 Å². The lowest BCUT2D eigenvalue weighted by molar-refractivity contribution is 0.0652. The Kier molecular flexibility index (Phi) is 3.90. The Morgan fingerprint density at radius 3 is 2.95 bits per heavy atom. The molecule has 0 bridgehead atoms. The summed E-state index contributed by atoms with van der Waals surface area (Å²) in [6.45, 7) is 0.522. The second-order valence-corrected chi connectivity index (χ2v) is 5.22. The van der Waals surface area contributed by atoms with Gasteiger partial charge in [0.1, 0.15) is 17.7 Å². The van der Waals surface area contributed by atoms with Crippen LogP contribution in [-0.4, -0.2) is 12.2 Å². The highest BCUT2D eigenvalue weighted by Gasteiger charge is 2.28. The molecule has 0 radical (unpaired) electrons. The van der Waals surface area contributed by atoms with Crippen LogP contribution in [0.25, 0.3) is 0 Å². The molecule has 1 unspecified atom stereocenters. The van der Waals surface area contributed by atoms with Crippen molar-refractivity contribution in [3.05, 3.63) is 65.0 Å². The number of rotatable bonds is 3. The van der Waals surface area contributed by atoms with Crippen LogP contribution in [0.2, 0.25) is 0 Å². The summed E-state index contributed by atoms with van der Waals surface area (Å²) in [4.78, 5) is 0. The highest BCUT2D eigenvalue weighted by molar-refractivity contribution is 5.39. The molecule has 4 heteroatoms. The number of halogens is 1. The fourth-order valence-corrected chi connectivity index (χ4v) is 2.67. The number of hydrogen-bond acceptors (Lipinski definition) is 3. The Morgan fingerprint density at radius 2 is 2.14 bits per heavy atom. The molecule has 1 aliphatic heterocycles. The molecule has 0 saturated heterocycles. The quantitative estimate of drug-likeness (QED) is 0.939. The summed E-state index contributed by atoms with van der Waals surface area (Å²) in [5, 5.41) is 10.2. The summed E-state index contributed by atoms with van der Waals surface area (Å²) < 4.78 is 24.3. The molecule has 21 heavy (non-hydrogen) atoms. The van der Waals surface area contributed by atoms with Crippen molar-refractivity contribution < 1.29 is 19.0 Å². The van der Waals surface area contributed by atoms with E-state index >= 15 is 0 Å². The van der Waals surface area contributed by atoms with Crippen LogP contribution in [0.15, 0.2) is 42.5 Å². The molecule has 2 aromatic rings. The molecule has 0 saturated carbocycles. The molecule has 110 valence electrons. The molecule has 2 atom stereocenters. The van der Waals surface area contributed by atoms with Crippen LogP contribution in [0.5, 0.6) is 5.75 Å². The Labute approximate surface area is 122 Å². The number of hydrogen-bond donors (Lipinski definition) is 1. The van der Waals surface area contributed by atoms with Gasteiger partial charge in [0, 0.05) is 25.2 Å². The van der Waals surface area contributed by atoms with Gasteiger partial charge in [-0.2, -0.15) is 0 Å². The predicted octanol–water partition coefficient (Wildman–Crippen LogP) is 3.53. The first kappa shape index (κ1) is 14.0. The summed E-state index contributed by atoms with van der Waals surface area (Å²) in [7, 11) is 1.65. The topological polar surface area (TPSA) is 38.7 Å². The molecule has 3 rings (SSSR count). The SMILES string of the molecule is COCc1cccc(C2C[C@@H](O)c3ccc(F)cc3O2)c1. The van der Waals surface area contributed by atoms with Crippen LogP contribution in [0.4, 0.5) is 4.39 Å². The molecule has 1 N–H and O–H groups in total. The fourth-order valence-electron chi connectivity index (χ4n) is 2.67. The maximum absolute atomic E-state index is 13.3. The Hall–Kier alpha value is -1.91. The maximum atomic E-state index is 13.3. The minimum absolute atomic E-state index is 0.286. The van der Waals surface area contributed by atoms with Gasteiger partial charge in [0.2, 0.25) is 0 Å². The third kappa shape index (κ3) is 2.91. The first-order valence-corrected chi connectivity index (χ1v) is 6.89. The Balaban J connectivity index is 1.89. The fraction of sp³-hybridized carbons (Fsp3) is 0.294. The number of aliphatic hydroxyl groups excluding tert-OH is 1.